The van der Waals surface area contributed by atoms with Crippen LogP contribution >= 0.6 is 0 Å². The SMILES string of the molecule is CC(NC(=O)NCC(O)COc1ccc(C(F)(F)F)cc1)c1ccc(N2CCCNC2=O)cc1. The molecule has 2 atom stereocenters. The Bertz CT molecular complexity index is 968. The van der Waals surface area contributed by atoms with Crippen molar-refractivity contribution in [2.24, 2.45) is 0 Å². The normalized spacial score (nSPS) is 15.8. The zero-order chi connectivity index (χ0) is 24.7. The minimum absolute atomic E-state index is 0.109. The van der Waals surface area contributed by atoms with Gasteiger partial charge in [0.05, 0.1) is 11.6 Å². The number of urea groups is 2. The highest BCUT2D eigenvalue weighted by Gasteiger charge is 2.30. The summed E-state index contributed by atoms with van der Waals surface area (Å²) in [5.41, 5.74) is 0.816. The van der Waals surface area contributed by atoms with Crippen LogP contribution in [0.3, 0.4) is 0 Å². The Hall–Kier alpha value is -3.47. The van der Waals surface area contributed by atoms with Crippen LogP contribution in [-0.2, 0) is 6.18 Å². The maximum atomic E-state index is 12.6. The quantitative estimate of drug-likeness (QED) is 0.465. The predicted octanol–water partition coefficient (Wildman–Crippen LogP) is 3.43. The Balaban J connectivity index is 1.40. The molecule has 1 aliphatic rings. The number of anilines is 1. The van der Waals surface area contributed by atoms with Gasteiger partial charge in [-0.2, -0.15) is 13.2 Å². The summed E-state index contributed by atoms with van der Waals surface area (Å²) < 4.78 is 43.0. The molecule has 4 N–H and O–H groups in total. The Morgan fingerprint density at radius 2 is 1.85 bits per heavy atom. The lowest BCUT2D eigenvalue weighted by molar-refractivity contribution is -0.137. The average molecular weight is 480 g/mol. The van der Waals surface area contributed by atoms with Crippen molar-refractivity contribution in [3.8, 4) is 5.75 Å². The van der Waals surface area contributed by atoms with Gasteiger partial charge in [-0.05, 0) is 55.3 Å². The lowest BCUT2D eigenvalue weighted by Crippen LogP contribution is -2.46. The van der Waals surface area contributed by atoms with E-state index >= 15 is 0 Å². The van der Waals surface area contributed by atoms with Crippen LogP contribution < -0.4 is 25.6 Å². The summed E-state index contributed by atoms with van der Waals surface area (Å²) in [6.45, 7) is 2.80. The number of nitrogens with zero attached hydrogens (tertiary/aromatic N) is 1. The number of hydrogen-bond donors (Lipinski definition) is 4. The van der Waals surface area contributed by atoms with Crippen molar-refractivity contribution in [1.29, 1.82) is 0 Å². The standard InChI is InChI=1S/C23H27F3N4O4/c1-15(16-3-7-18(8-4-16)30-12-2-11-27-22(30)33)29-21(32)28-13-19(31)14-34-20-9-5-17(6-10-20)23(24,25)26/h3-10,15,19,31H,2,11-14H2,1H3,(H,27,33)(H2,28,29,32). The molecule has 2 aromatic rings. The van der Waals surface area contributed by atoms with Crippen molar-refractivity contribution in [2.45, 2.75) is 31.7 Å². The third-order valence-corrected chi connectivity index (χ3v) is 5.25. The maximum Gasteiger partial charge on any atom is 0.416 e. The number of nitrogens with one attached hydrogen (secondary N) is 3. The fraction of sp³-hybridized carbons (Fsp3) is 0.391. The molecule has 1 saturated heterocycles. The molecule has 2 unspecified atom stereocenters. The van der Waals surface area contributed by atoms with Gasteiger partial charge in [0.25, 0.3) is 0 Å². The fourth-order valence-electron chi connectivity index (χ4n) is 3.35. The zero-order valence-corrected chi connectivity index (χ0v) is 18.6. The number of carbonyl (C=O) groups is 2. The summed E-state index contributed by atoms with van der Waals surface area (Å²) in [4.78, 5) is 25.8. The Kier molecular flexibility index (Phi) is 8.21. The van der Waals surface area contributed by atoms with Crippen molar-refractivity contribution in [2.75, 3.05) is 31.1 Å². The van der Waals surface area contributed by atoms with Gasteiger partial charge in [0.15, 0.2) is 0 Å². The summed E-state index contributed by atoms with van der Waals surface area (Å²) in [5, 5.41) is 18.1. The van der Waals surface area contributed by atoms with E-state index in [-0.39, 0.29) is 31.0 Å². The first-order chi connectivity index (χ1) is 16.1. The Morgan fingerprint density at radius 3 is 2.47 bits per heavy atom. The smallest absolute Gasteiger partial charge is 0.416 e. The second-order valence-corrected chi connectivity index (χ2v) is 7.89. The zero-order valence-electron chi connectivity index (χ0n) is 18.6. The number of aliphatic hydroxyl groups excluding tert-OH is 1. The van der Waals surface area contributed by atoms with E-state index in [9.17, 15) is 27.9 Å². The number of aliphatic hydroxyl groups is 1. The number of benzene rings is 2. The first-order valence-corrected chi connectivity index (χ1v) is 10.8. The predicted molar refractivity (Wildman–Crippen MR) is 120 cm³/mol. The summed E-state index contributed by atoms with van der Waals surface area (Å²) in [5.74, 6) is 0.176. The first kappa shape index (κ1) is 25.2. The van der Waals surface area contributed by atoms with Crippen LogP contribution in [0, 0.1) is 0 Å². The highest BCUT2D eigenvalue weighted by atomic mass is 19.4. The van der Waals surface area contributed by atoms with Gasteiger partial charge in [-0.1, -0.05) is 12.1 Å². The topological polar surface area (TPSA) is 103 Å². The van der Waals surface area contributed by atoms with Crippen LogP contribution in [-0.4, -0.2) is 49.5 Å². The number of amides is 4. The summed E-state index contributed by atoms with van der Waals surface area (Å²) >= 11 is 0. The van der Waals surface area contributed by atoms with Gasteiger partial charge in [0.2, 0.25) is 0 Å². The van der Waals surface area contributed by atoms with Crippen LogP contribution in [0.4, 0.5) is 28.4 Å². The van der Waals surface area contributed by atoms with Crippen molar-refractivity contribution >= 4 is 17.7 Å². The molecule has 11 heteroatoms. The molecule has 0 aliphatic carbocycles. The highest BCUT2D eigenvalue weighted by molar-refractivity contribution is 5.92. The molecular formula is C23H27F3N4O4. The van der Waals surface area contributed by atoms with E-state index in [4.69, 9.17) is 4.74 Å². The number of ether oxygens (including phenoxy) is 1. The van der Waals surface area contributed by atoms with E-state index in [1.54, 1.807) is 11.8 Å². The number of hydrogen-bond acceptors (Lipinski definition) is 4. The van der Waals surface area contributed by atoms with E-state index < -0.39 is 23.9 Å². The molecule has 184 valence electrons. The van der Waals surface area contributed by atoms with Crippen LogP contribution in [0.1, 0.15) is 30.5 Å². The average Bonchev–Trinajstić information content (AvgIpc) is 2.81. The van der Waals surface area contributed by atoms with Gasteiger partial charge in [-0.3, -0.25) is 4.90 Å². The largest absolute Gasteiger partial charge is 0.491 e. The van der Waals surface area contributed by atoms with Gasteiger partial charge in [0.1, 0.15) is 18.5 Å². The lowest BCUT2D eigenvalue weighted by atomic mass is 10.1. The number of halogens is 3. The minimum atomic E-state index is -4.43. The molecule has 1 aliphatic heterocycles. The minimum Gasteiger partial charge on any atom is -0.491 e. The van der Waals surface area contributed by atoms with Crippen molar-refractivity contribution in [1.82, 2.24) is 16.0 Å². The molecular weight excluding hydrogens is 453 g/mol. The Labute approximate surface area is 195 Å². The first-order valence-electron chi connectivity index (χ1n) is 10.8. The van der Waals surface area contributed by atoms with Crippen molar-refractivity contribution < 1.29 is 32.6 Å². The molecule has 1 heterocycles. The van der Waals surface area contributed by atoms with Crippen LogP contribution in [0.15, 0.2) is 48.5 Å². The number of alkyl halides is 3. The fourth-order valence-corrected chi connectivity index (χ4v) is 3.35. The molecule has 0 radical (unpaired) electrons. The van der Waals surface area contributed by atoms with E-state index in [1.807, 2.05) is 24.3 Å². The monoisotopic (exact) mass is 480 g/mol. The van der Waals surface area contributed by atoms with Crippen molar-refractivity contribution in [3.63, 3.8) is 0 Å². The molecule has 0 spiro atoms. The Morgan fingerprint density at radius 1 is 1.18 bits per heavy atom. The summed E-state index contributed by atoms with van der Waals surface area (Å²) in [6, 6.07) is 10.4. The van der Waals surface area contributed by atoms with Gasteiger partial charge in [-0.15, -0.1) is 0 Å². The molecule has 2 aromatic carbocycles. The maximum absolute atomic E-state index is 12.6. The highest BCUT2D eigenvalue weighted by Crippen LogP contribution is 2.30. The van der Waals surface area contributed by atoms with E-state index in [2.05, 4.69) is 16.0 Å². The number of carbonyl (C=O) groups excluding carboxylic acids is 2. The van der Waals surface area contributed by atoms with Gasteiger partial charge < -0.3 is 25.8 Å². The van der Waals surface area contributed by atoms with Crippen LogP contribution in [0.25, 0.3) is 0 Å². The summed E-state index contributed by atoms with van der Waals surface area (Å²) in [7, 11) is 0. The molecule has 0 bridgehead atoms. The molecule has 4 amide bonds. The van der Waals surface area contributed by atoms with Gasteiger partial charge in [-0.25, -0.2) is 9.59 Å². The molecule has 0 saturated carbocycles. The summed E-state index contributed by atoms with van der Waals surface area (Å²) in [6.07, 6.45) is -4.62. The van der Waals surface area contributed by atoms with Crippen LogP contribution in [0.2, 0.25) is 0 Å². The van der Waals surface area contributed by atoms with Crippen LogP contribution in [0.5, 0.6) is 5.75 Å². The molecule has 34 heavy (non-hydrogen) atoms. The van der Waals surface area contributed by atoms with E-state index in [0.29, 0.717) is 13.1 Å². The second kappa shape index (κ2) is 11.1. The third kappa shape index (κ3) is 7.01. The second-order valence-electron chi connectivity index (χ2n) is 7.89. The van der Waals surface area contributed by atoms with E-state index in [0.717, 1.165) is 29.8 Å². The van der Waals surface area contributed by atoms with Crippen molar-refractivity contribution in [3.05, 3.63) is 59.7 Å². The third-order valence-electron chi connectivity index (χ3n) is 5.25. The molecule has 3 rings (SSSR count). The number of rotatable bonds is 8. The molecule has 8 nitrogen and oxygen atoms in total. The lowest BCUT2D eigenvalue weighted by Gasteiger charge is -2.27. The van der Waals surface area contributed by atoms with Gasteiger partial charge >= 0.3 is 18.2 Å². The van der Waals surface area contributed by atoms with Gasteiger partial charge in [0, 0.05) is 25.3 Å². The molecule has 0 aromatic heterocycles. The van der Waals surface area contributed by atoms with E-state index in [1.165, 1.54) is 12.1 Å². The molecule has 1 fully saturated rings.